The molecule has 1 saturated heterocycles. The minimum atomic E-state index is -1.47. The van der Waals surface area contributed by atoms with Crippen LogP contribution in [0.25, 0.3) is 0 Å². The van der Waals surface area contributed by atoms with Crippen molar-refractivity contribution < 1.29 is 9.18 Å². The molecule has 0 bridgehead atoms. The zero-order valence-corrected chi connectivity index (χ0v) is 7.50. The van der Waals surface area contributed by atoms with Crippen LogP contribution < -0.4 is 0 Å². The molecule has 1 atom stereocenters. The van der Waals surface area contributed by atoms with Crippen LogP contribution in [0.4, 0.5) is 4.39 Å². The van der Waals surface area contributed by atoms with E-state index < -0.39 is 11.4 Å². The fourth-order valence-corrected chi connectivity index (χ4v) is 0.813. The Balaban J connectivity index is 0.000001000. The fraction of sp³-hybridized carbons (Fsp3) is 0.833. The Kier molecular flexibility index (Phi) is 4.97. The van der Waals surface area contributed by atoms with Crippen molar-refractivity contribution in [2.24, 2.45) is 0 Å². The van der Waals surface area contributed by atoms with Crippen molar-refractivity contribution in [3.05, 3.63) is 0 Å². The van der Waals surface area contributed by atoms with Gasteiger partial charge in [-0.05, 0) is 18.0 Å². The first-order valence-electron chi connectivity index (χ1n) is 3.26. The Bertz CT molecular complexity index is 141. The largest absolute Gasteiger partial charge is 0.301 e. The number of halogens is 3. The van der Waals surface area contributed by atoms with Gasteiger partial charge in [-0.15, -0.1) is 12.4 Å². The third-order valence-corrected chi connectivity index (χ3v) is 1.72. The topological polar surface area (TPSA) is 20.1 Å². The molecule has 0 aromatic rings. The third-order valence-electron chi connectivity index (χ3n) is 1.48. The number of rotatable bonds is 4. The summed E-state index contributed by atoms with van der Waals surface area (Å²) in [4.78, 5) is 12.2. The molecule has 11 heavy (non-hydrogen) atoms. The van der Waals surface area contributed by atoms with Crippen LogP contribution in [0.2, 0.25) is 0 Å². The highest BCUT2D eigenvalue weighted by atomic mass is 35.5. The van der Waals surface area contributed by atoms with Crippen molar-refractivity contribution in [1.82, 2.24) is 4.90 Å². The molecule has 2 nitrogen and oxygen atoms in total. The highest BCUT2D eigenvalue weighted by molar-refractivity contribution is 6.64. The molecular weight excluding hydrogens is 192 g/mol. The van der Waals surface area contributed by atoms with E-state index in [9.17, 15) is 9.18 Å². The van der Waals surface area contributed by atoms with Crippen LogP contribution in [0, 0.1) is 0 Å². The first-order valence-corrected chi connectivity index (χ1v) is 3.63. The minimum absolute atomic E-state index is 0. The van der Waals surface area contributed by atoms with Crippen LogP contribution in [0.5, 0.6) is 0 Å². The average molecular weight is 202 g/mol. The van der Waals surface area contributed by atoms with Gasteiger partial charge in [-0.3, -0.25) is 4.79 Å². The van der Waals surface area contributed by atoms with E-state index in [0.717, 1.165) is 13.1 Å². The van der Waals surface area contributed by atoms with E-state index in [1.54, 1.807) is 0 Å². The van der Waals surface area contributed by atoms with Crippen molar-refractivity contribution in [3.63, 3.8) is 0 Å². The third kappa shape index (κ3) is 4.56. The number of alkyl halides is 1. The van der Waals surface area contributed by atoms with E-state index in [2.05, 4.69) is 0 Å². The normalized spacial score (nSPS) is 18.7. The Labute approximate surface area is 76.1 Å². The molecule has 1 aliphatic heterocycles. The number of carbonyl (C=O) groups is 1. The van der Waals surface area contributed by atoms with E-state index in [-0.39, 0.29) is 18.8 Å². The molecule has 0 aromatic carbocycles. The Hall–Kier alpha value is 0.140. The van der Waals surface area contributed by atoms with Gasteiger partial charge < -0.3 is 4.90 Å². The van der Waals surface area contributed by atoms with Crippen LogP contribution >= 0.6 is 24.0 Å². The van der Waals surface area contributed by atoms with Crippen molar-refractivity contribution in [2.45, 2.75) is 12.6 Å². The second-order valence-corrected chi connectivity index (χ2v) is 2.77. The Morgan fingerprint density at radius 3 is 2.55 bits per heavy atom. The predicted octanol–water partition coefficient (Wildman–Crippen LogP) is 1.22. The summed E-state index contributed by atoms with van der Waals surface area (Å²) in [6, 6.07) is 0. The second-order valence-electron chi connectivity index (χ2n) is 2.40. The Morgan fingerprint density at radius 1 is 1.64 bits per heavy atom. The van der Waals surface area contributed by atoms with Crippen molar-refractivity contribution in [2.75, 3.05) is 19.6 Å². The van der Waals surface area contributed by atoms with E-state index in [1.807, 2.05) is 4.90 Å². The standard InChI is InChI=1S/C6H9ClFNO.ClH/c7-6(10)5(8)1-2-9-3-4-9;/h5H,1-4H2;1H/t5-;/m0./s1. The van der Waals surface area contributed by atoms with Gasteiger partial charge in [0.25, 0.3) is 5.24 Å². The predicted molar refractivity (Wildman–Crippen MR) is 44.1 cm³/mol. The summed E-state index contributed by atoms with van der Waals surface area (Å²) in [5.41, 5.74) is 0. The van der Waals surface area contributed by atoms with Gasteiger partial charge in [0.1, 0.15) is 0 Å². The first kappa shape index (κ1) is 11.1. The molecule has 1 aliphatic rings. The van der Waals surface area contributed by atoms with Crippen molar-refractivity contribution in [1.29, 1.82) is 0 Å². The van der Waals surface area contributed by atoms with Gasteiger partial charge in [0.15, 0.2) is 6.17 Å². The van der Waals surface area contributed by atoms with Crippen LogP contribution in [0.3, 0.4) is 0 Å². The number of hydrogen-bond acceptors (Lipinski definition) is 2. The van der Waals surface area contributed by atoms with Crippen molar-refractivity contribution >= 4 is 29.3 Å². The highest BCUT2D eigenvalue weighted by Gasteiger charge is 2.21. The molecule has 0 unspecified atom stereocenters. The molecule has 1 heterocycles. The van der Waals surface area contributed by atoms with Crippen LogP contribution in [0.15, 0.2) is 0 Å². The summed E-state index contributed by atoms with van der Waals surface area (Å²) in [6.45, 7) is 2.71. The van der Waals surface area contributed by atoms with Gasteiger partial charge in [-0.1, -0.05) is 0 Å². The molecule has 1 fully saturated rings. The van der Waals surface area contributed by atoms with E-state index in [1.165, 1.54) is 0 Å². The number of nitrogens with zero attached hydrogens (tertiary/aromatic N) is 1. The maximum absolute atomic E-state index is 12.4. The molecule has 0 spiro atoms. The highest BCUT2D eigenvalue weighted by Crippen LogP contribution is 2.09. The summed E-state index contributed by atoms with van der Waals surface area (Å²) in [7, 11) is 0. The zero-order chi connectivity index (χ0) is 7.56. The smallest absolute Gasteiger partial charge is 0.255 e. The summed E-state index contributed by atoms with van der Waals surface area (Å²) >= 11 is 4.90. The van der Waals surface area contributed by atoms with E-state index >= 15 is 0 Å². The van der Waals surface area contributed by atoms with Gasteiger partial charge in [0.05, 0.1) is 0 Å². The van der Waals surface area contributed by atoms with Crippen molar-refractivity contribution in [3.8, 4) is 0 Å². The second kappa shape index (κ2) is 4.91. The summed E-state index contributed by atoms with van der Waals surface area (Å²) < 4.78 is 12.4. The average Bonchev–Trinajstić information content (AvgIpc) is 2.64. The minimum Gasteiger partial charge on any atom is -0.301 e. The summed E-state index contributed by atoms with van der Waals surface area (Å²) in [6.07, 6.45) is -1.23. The quantitative estimate of drug-likeness (QED) is 0.504. The molecule has 1 rings (SSSR count). The lowest BCUT2D eigenvalue weighted by Crippen LogP contribution is -2.14. The van der Waals surface area contributed by atoms with Crippen LogP contribution in [-0.4, -0.2) is 35.9 Å². The molecule has 0 amide bonds. The number of carbonyl (C=O) groups excluding carboxylic acids is 1. The van der Waals surface area contributed by atoms with Gasteiger partial charge in [-0.2, -0.15) is 0 Å². The zero-order valence-electron chi connectivity index (χ0n) is 5.93. The lowest BCUT2D eigenvalue weighted by molar-refractivity contribution is -0.116. The fourth-order valence-electron chi connectivity index (χ4n) is 0.704. The molecule has 0 radical (unpaired) electrons. The van der Waals surface area contributed by atoms with E-state index in [0.29, 0.717) is 6.54 Å². The maximum atomic E-state index is 12.4. The summed E-state index contributed by atoms with van der Waals surface area (Å²) in [5.74, 6) is 0. The van der Waals surface area contributed by atoms with Gasteiger partial charge in [0, 0.05) is 19.6 Å². The number of hydrogen-bond donors (Lipinski definition) is 0. The van der Waals surface area contributed by atoms with Gasteiger partial charge in [0.2, 0.25) is 0 Å². The van der Waals surface area contributed by atoms with Crippen LogP contribution in [-0.2, 0) is 4.79 Å². The lowest BCUT2D eigenvalue weighted by atomic mass is 10.3. The van der Waals surface area contributed by atoms with Gasteiger partial charge in [-0.25, -0.2) is 4.39 Å². The molecule has 0 saturated carbocycles. The SMILES string of the molecule is Cl.O=C(Cl)[C@@H](F)CCN1CC1. The monoisotopic (exact) mass is 201 g/mol. The van der Waals surface area contributed by atoms with E-state index in [4.69, 9.17) is 11.6 Å². The molecule has 0 aromatic heterocycles. The molecule has 5 heteroatoms. The van der Waals surface area contributed by atoms with Gasteiger partial charge >= 0.3 is 0 Å². The molecule has 66 valence electrons. The Morgan fingerprint density at radius 2 is 2.18 bits per heavy atom. The summed E-state index contributed by atoms with van der Waals surface area (Å²) in [5, 5.41) is -0.873. The molecule has 0 aliphatic carbocycles. The first-order chi connectivity index (χ1) is 4.70. The molecular formula is C6H10Cl2FNO. The lowest BCUT2D eigenvalue weighted by Gasteiger charge is -2.01. The van der Waals surface area contributed by atoms with Crippen LogP contribution in [0.1, 0.15) is 6.42 Å². The molecule has 0 N–H and O–H groups in total. The maximum Gasteiger partial charge on any atom is 0.255 e.